The summed E-state index contributed by atoms with van der Waals surface area (Å²) in [6, 6.07) is 13.1. The van der Waals surface area contributed by atoms with Crippen LogP contribution < -0.4 is 0 Å². The van der Waals surface area contributed by atoms with Crippen LogP contribution in [0.25, 0.3) is 22.5 Å². The molecule has 1 aromatic carbocycles. The van der Waals surface area contributed by atoms with Crippen molar-refractivity contribution in [2.75, 3.05) is 32.7 Å². The van der Waals surface area contributed by atoms with E-state index in [4.69, 9.17) is 4.98 Å². The van der Waals surface area contributed by atoms with Gasteiger partial charge in [-0.2, -0.15) is 0 Å². The summed E-state index contributed by atoms with van der Waals surface area (Å²) in [6.45, 7) is 12.2. The van der Waals surface area contributed by atoms with Crippen molar-refractivity contribution in [1.29, 1.82) is 0 Å². The Balaban J connectivity index is 1.53. The molecule has 1 saturated heterocycles. The predicted octanol–water partition coefficient (Wildman–Crippen LogP) is 5.35. The average molecular weight is 425 g/mol. The van der Waals surface area contributed by atoms with E-state index in [9.17, 15) is 0 Å². The molecule has 0 unspecified atom stereocenters. The molecule has 0 saturated carbocycles. The van der Waals surface area contributed by atoms with Gasteiger partial charge in [-0.05, 0) is 43.0 Å². The fourth-order valence-electron chi connectivity index (χ4n) is 4.71. The third-order valence-corrected chi connectivity index (χ3v) is 6.60. The van der Waals surface area contributed by atoms with E-state index in [1.165, 1.54) is 28.0 Å². The molecule has 164 valence electrons. The van der Waals surface area contributed by atoms with Crippen molar-refractivity contribution in [3.63, 3.8) is 0 Å². The van der Waals surface area contributed by atoms with Crippen LogP contribution in [-0.2, 0) is 6.54 Å². The van der Waals surface area contributed by atoms with Gasteiger partial charge in [0.05, 0.1) is 11.4 Å². The first-order chi connectivity index (χ1) is 15.7. The molecule has 0 radical (unpaired) electrons. The Bertz CT molecular complexity index is 1160. The first-order valence-corrected chi connectivity index (χ1v) is 11.7. The van der Waals surface area contributed by atoms with Crippen molar-refractivity contribution in [1.82, 2.24) is 19.2 Å². The Hall–Kier alpha value is -2.95. The van der Waals surface area contributed by atoms with E-state index >= 15 is 0 Å². The summed E-state index contributed by atoms with van der Waals surface area (Å²) in [7, 11) is 0. The van der Waals surface area contributed by atoms with E-state index < -0.39 is 0 Å². The fourth-order valence-corrected chi connectivity index (χ4v) is 4.71. The highest BCUT2D eigenvalue weighted by Gasteiger charge is 2.21. The standard InChI is InChI=1S/C28H32N4/c1-3-15-30-16-18-31(19-17-30)21-26-28(24-11-9-22(2)10-12-24)29-27-14-13-25(20-32(26)27)23-7-5-4-6-8-23/h3,5,7-14,20H,1,4,6,15-19,21H2,2H3. The second kappa shape index (κ2) is 9.27. The van der Waals surface area contributed by atoms with Crippen LogP contribution in [-0.4, -0.2) is 51.9 Å². The molecule has 4 heteroatoms. The summed E-state index contributed by atoms with van der Waals surface area (Å²) < 4.78 is 2.32. The van der Waals surface area contributed by atoms with E-state index in [1.54, 1.807) is 0 Å². The van der Waals surface area contributed by atoms with Gasteiger partial charge in [0, 0.05) is 51.0 Å². The zero-order valence-corrected chi connectivity index (χ0v) is 19.0. The molecule has 0 atom stereocenters. The molecule has 1 fully saturated rings. The largest absolute Gasteiger partial charge is 0.301 e. The van der Waals surface area contributed by atoms with Crippen molar-refractivity contribution in [3.8, 4) is 11.3 Å². The number of benzene rings is 1. The monoisotopic (exact) mass is 424 g/mol. The highest BCUT2D eigenvalue weighted by molar-refractivity contribution is 5.76. The van der Waals surface area contributed by atoms with Gasteiger partial charge in [-0.25, -0.2) is 4.98 Å². The topological polar surface area (TPSA) is 23.8 Å². The minimum Gasteiger partial charge on any atom is -0.301 e. The van der Waals surface area contributed by atoms with E-state index in [1.807, 2.05) is 6.08 Å². The molecule has 1 aliphatic carbocycles. The van der Waals surface area contributed by atoms with Crippen molar-refractivity contribution < 1.29 is 0 Å². The number of rotatable bonds is 6. The number of aryl methyl sites for hydroxylation is 1. The minimum atomic E-state index is 0.907. The van der Waals surface area contributed by atoms with Crippen LogP contribution in [0.15, 0.2) is 73.5 Å². The van der Waals surface area contributed by atoms with Crippen molar-refractivity contribution in [2.24, 2.45) is 0 Å². The number of pyridine rings is 1. The van der Waals surface area contributed by atoms with Gasteiger partial charge >= 0.3 is 0 Å². The Labute approximate surface area is 191 Å². The van der Waals surface area contributed by atoms with Crippen LogP contribution in [0.3, 0.4) is 0 Å². The molecular weight excluding hydrogens is 392 g/mol. The molecule has 0 bridgehead atoms. The van der Waals surface area contributed by atoms with Gasteiger partial charge in [0.25, 0.3) is 0 Å². The van der Waals surface area contributed by atoms with Gasteiger partial charge in [-0.3, -0.25) is 9.80 Å². The summed E-state index contributed by atoms with van der Waals surface area (Å²) in [6.07, 6.45) is 13.4. The van der Waals surface area contributed by atoms with Gasteiger partial charge in [0.2, 0.25) is 0 Å². The van der Waals surface area contributed by atoms with Crippen molar-refractivity contribution in [3.05, 3.63) is 90.3 Å². The third-order valence-electron chi connectivity index (χ3n) is 6.60. The maximum absolute atomic E-state index is 5.08. The zero-order valence-electron chi connectivity index (χ0n) is 19.0. The smallest absolute Gasteiger partial charge is 0.137 e. The molecule has 2 aliphatic rings. The quantitative estimate of drug-likeness (QED) is 0.499. The number of imidazole rings is 1. The van der Waals surface area contributed by atoms with E-state index in [0.29, 0.717) is 0 Å². The van der Waals surface area contributed by atoms with Gasteiger partial charge in [-0.15, -0.1) is 6.58 Å². The lowest BCUT2D eigenvalue weighted by atomic mass is 10.0. The Morgan fingerprint density at radius 2 is 1.69 bits per heavy atom. The highest BCUT2D eigenvalue weighted by atomic mass is 15.3. The number of fused-ring (bicyclic) bond motifs is 1. The van der Waals surface area contributed by atoms with E-state index in [2.05, 4.69) is 88.5 Å². The Morgan fingerprint density at radius 1 is 0.938 bits per heavy atom. The molecule has 3 aromatic rings. The average Bonchev–Trinajstić information content (AvgIpc) is 3.19. The lowest BCUT2D eigenvalue weighted by Gasteiger charge is -2.34. The van der Waals surface area contributed by atoms with E-state index in [0.717, 1.165) is 63.5 Å². The lowest BCUT2D eigenvalue weighted by molar-refractivity contribution is 0.136. The van der Waals surface area contributed by atoms with Crippen LogP contribution in [0.1, 0.15) is 29.7 Å². The highest BCUT2D eigenvalue weighted by Crippen LogP contribution is 2.29. The Morgan fingerprint density at radius 3 is 2.41 bits per heavy atom. The fraction of sp³-hybridized carbons (Fsp3) is 0.321. The van der Waals surface area contributed by atoms with Crippen molar-refractivity contribution in [2.45, 2.75) is 26.3 Å². The molecule has 1 aliphatic heterocycles. The molecule has 0 amide bonds. The number of allylic oxidation sites excluding steroid dienone is 4. The van der Waals surface area contributed by atoms with Gasteiger partial charge in [-0.1, -0.05) is 54.1 Å². The van der Waals surface area contributed by atoms with Crippen LogP contribution in [0, 0.1) is 6.92 Å². The van der Waals surface area contributed by atoms with Gasteiger partial charge < -0.3 is 4.40 Å². The summed E-state index contributed by atoms with van der Waals surface area (Å²) in [5.41, 5.74) is 8.44. The summed E-state index contributed by atoms with van der Waals surface area (Å²) in [5.74, 6) is 0. The molecule has 5 rings (SSSR count). The summed E-state index contributed by atoms with van der Waals surface area (Å²) >= 11 is 0. The molecule has 2 aromatic heterocycles. The van der Waals surface area contributed by atoms with Crippen LogP contribution in [0.2, 0.25) is 0 Å². The SMILES string of the molecule is C=CCN1CCN(Cc2c(-c3ccc(C)cc3)nc3ccc(C4=CCCC=C4)cn23)CC1. The lowest BCUT2D eigenvalue weighted by Crippen LogP contribution is -2.45. The van der Waals surface area contributed by atoms with Crippen LogP contribution in [0.5, 0.6) is 0 Å². The Kier molecular flexibility index (Phi) is 6.06. The number of hydrogen-bond donors (Lipinski definition) is 0. The van der Waals surface area contributed by atoms with Crippen LogP contribution >= 0.6 is 0 Å². The molecular formula is C28H32N4. The normalized spacial score (nSPS) is 17.6. The van der Waals surface area contributed by atoms with Gasteiger partial charge in [0.15, 0.2) is 0 Å². The second-order valence-corrected chi connectivity index (χ2v) is 8.92. The van der Waals surface area contributed by atoms with Crippen LogP contribution in [0.4, 0.5) is 0 Å². The number of nitrogens with zero attached hydrogens (tertiary/aromatic N) is 4. The predicted molar refractivity (Wildman–Crippen MR) is 134 cm³/mol. The second-order valence-electron chi connectivity index (χ2n) is 8.92. The summed E-state index contributed by atoms with van der Waals surface area (Å²) in [4.78, 5) is 10.1. The molecule has 32 heavy (non-hydrogen) atoms. The number of hydrogen-bond acceptors (Lipinski definition) is 3. The number of aromatic nitrogens is 2. The zero-order chi connectivity index (χ0) is 21.9. The molecule has 4 nitrogen and oxygen atoms in total. The number of piperazine rings is 1. The first kappa shape index (κ1) is 20.9. The maximum atomic E-state index is 5.08. The minimum absolute atomic E-state index is 0.907. The third kappa shape index (κ3) is 4.34. The maximum Gasteiger partial charge on any atom is 0.137 e. The summed E-state index contributed by atoms with van der Waals surface area (Å²) in [5, 5.41) is 0. The first-order valence-electron chi connectivity index (χ1n) is 11.7. The molecule has 3 heterocycles. The molecule has 0 N–H and O–H groups in total. The molecule has 0 spiro atoms. The van der Waals surface area contributed by atoms with E-state index in [-0.39, 0.29) is 0 Å². The van der Waals surface area contributed by atoms with Gasteiger partial charge in [0.1, 0.15) is 5.65 Å². The van der Waals surface area contributed by atoms with Crippen molar-refractivity contribution >= 4 is 11.2 Å².